The van der Waals surface area contributed by atoms with Gasteiger partial charge in [0.1, 0.15) is 5.75 Å². The van der Waals surface area contributed by atoms with Crippen LogP contribution in [0.15, 0.2) is 12.1 Å². The van der Waals surface area contributed by atoms with Gasteiger partial charge in [0.25, 0.3) is 0 Å². The van der Waals surface area contributed by atoms with Gasteiger partial charge < -0.3 is 9.64 Å². The summed E-state index contributed by atoms with van der Waals surface area (Å²) in [7, 11) is 3.49. The Labute approximate surface area is 108 Å². The molecule has 0 heterocycles. The number of nitrogens with zero attached hydrogens (tertiary/aromatic N) is 2. The van der Waals surface area contributed by atoms with Crippen LogP contribution in [0.2, 0.25) is 0 Å². The van der Waals surface area contributed by atoms with E-state index < -0.39 is 0 Å². The molecule has 0 saturated carbocycles. The number of methoxy groups -OCH3 is 1. The lowest BCUT2D eigenvalue weighted by molar-refractivity contribution is -0.116. The number of hydrogen-bond acceptors (Lipinski definition) is 4. The second kappa shape index (κ2) is 6.06. The lowest BCUT2D eigenvalue weighted by atomic mass is 10.1. The predicted octanol–water partition coefficient (Wildman–Crippen LogP) is 2.23. The number of likely N-dealkylation sites (N-methyl/N-ethyl adjacent to an activating group) is 1. The molecule has 0 bridgehead atoms. The normalized spacial score (nSPS) is 9.72. The predicted molar refractivity (Wildman–Crippen MR) is 71.0 cm³/mol. The molecule has 0 radical (unpaired) electrons. The quantitative estimate of drug-likeness (QED) is 0.799. The van der Waals surface area contributed by atoms with Gasteiger partial charge in [0.05, 0.1) is 26.1 Å². The summed E-state index contributed by atoms with van der Waals surface area (Å²) in [6, 6.07) is 5.82. The van der Waals surface area contributed by atoms with Crippen molar-refractivity contribution in [3.8, 4) is 11.8 Å². The highest BCUT2D eigenvalue weighted by Gasteiger charge is 2.11. The van der Waals surface area contributed by atoms with Gasteiger partial charge in [-0.1, -0.05) is 0 Å². The van der Waals surface area contributed by atoms with Crippen molar-refractivity contribution >= 4 is 11.5 Å². The molecular formula is C14H18N2O2. The number of rotatable bonds is 5. The molecule has 96 valence electrons. The molecule has 0 aromatic heterocycles. The van der Waals surface area contributed by atoms with Crippen LogP contribution in [0.4, 0.5) is 5.69 Å². The van der Waals surface area contributed by atoms with E-state index >= 15 is 0 Å². The van der Waals surface area contributed by atoms with E-state index in [1.54, 1.807) is 7.11 Å². The number of Topliss-reactive ketones (excluding diaryl/α,β-unsaturated/α-hetero) is 1. The molecule has 4 heteroatoms. The number of anilines is 1. The van der Waals surface area contributed by atoms with Gasteiger partial charge in [0.2, 0.25) is 0 Å². The molecule has 0 amide bonds. The Balaban J connectivity index is 2.91. The van der Waals surface area contributed by atoms with Crippen LogP contribution >= 0.6 is 0 Å². The maximum absolute atomic E-state index is 11.4. The molecule has 0 unspecified atom stereocenters. The Morgan fingerprint density at radius 3 is 2.39 bits per heavy atom. The van der Waals surface area contributed by atoms with Gasteiger partial charge in [0, 0.05) is 12.7 Å². The third kappa shape index (κ3) is 3.24. The third-order valence-corrected chi connectivity index (χ3v) is 2.78. The van der Waals surface area contributed by atoms with E-state index in [0.29, 0.717) is 0 Å². The first-order chi connectivity index (χ1) is 8.49. The fourth-order valence-electron chi connectivity index (χ4n) is 1.97. The van der Waals surface area contributed by atoms with Crippen molar-refractivity contribution in [2.75, 3.05) is 25.6 Å². The molecule has 0 aliphatic heterocycles. The van der Waals surface area contributed by atoms with Crippen LogP contribution in [0.1, 0.15) is 17.5 Å². The summed E-state index contributed by atoms with van der Waals surface area (Å²) >= 11 is 0. The van der Waals surface area contributed by atoms with E-state index in [1.165, 1.54) is 0 Å². The second-order valence-corrected chi connectivity index (χ2v) is 4.34. The average Bonchev–Trinajstić information content (AvgIpc) is 2.28. The molecule has 0 aliphatic rings. The van der Waals surface area contributed by atoms with Gasteiger partial charge in [-0.15, -0.1) is 0 Å². The summed E-state index contributed by atoms with van der Waals surface area (Å²) in [5.74, 6) is 0.793. The number of nitriles is 1. The lowest BCUT2D eigenvalue weighted by Crippen LogP contribution is -2.25. The maximum Gasteiger partial charge on any atom is 0.166 e. The zero-order valence-electron chi connectivity index (χ0n) is 11.3. The smallest absolute Gasteiger partial charge is 0.166 e. The fourth-order valence-corrected chi connectivity index (χ4v) is 1.97. The Hall–Kier alpha value is -2.02. The molecule has 1 rings (SSSR count). The zero-order valence-corrected chi connectivity index (χ0v) is 11.3. The minimum Gasteiger partial charge on any atom is -0.496 e. The van der Waals surface area contributed by atoms with Crippen molar-refractivity contribution in [2.45, 2.75) is 20.3 Å². The van der Waals surface area contributed by atoms with Crippen molar-refractivity contribution in [3.63, 3.8) is 0 Å². The van der Waals surface area contributed by atoms with Crippen molar-refractivity contribution in [1.29, 1.82) is 5.26 Å². The van der Waals surface area contributed by atoms with Gasteiger partial charge in [-0.2, -0.15) is 5.26 Å². The largest absolute Gasteiger partial charge is 0.496 e. The van der Waals surface area contributed by atoms with E-state index in [-0.39, 0.29) is 18.7 Å². The summed E-state index contributed by atoms with van der Waals surface area (Å²) in [6.07, 6.45) is -0.0432. The Morgan fingerprint density at radius 1 is 1.39 bits per heavy atom. The molecule has 0 aliphatic carbocycles. The molecule has 0 fully saturated rings. The summed E-state index contributed by atoms with van der Waals surface area (Å²) < 4.78 is 5.30. The van der Waals surface area contributed by atoms with Gasteiger partial charge in [-0.3, -0.25) is 4.79 Å². The summed E-state index contributed by atoms with van der Waals surface area (Å²) in [5.41, 5.74) is 3.02. The molecule has 0 N–H and O–H groups in total. The van der Waals surface area contributed by atoms with Gasteiger partial charge >= 0.3 is 0 Å². The van der Waals surface area contributed by atoms with Crippen molar-refractivity contribution in [3.05, 3.63) is 23.3 Å². The van der Waals surface area contributed by atoms with Gasteiger partial charge in [-0.05, 0) is 37.1 Å². The second-order valence-electron chi connectivity index (χ2n) is 4.34. The van der Waals surface area contributed by atoms with Crippen LogP contribution in [0.25, 0.3) is 0 Å². The molecule has 18 heavy (non-hydrogen) atoms. The maximum atomic E-state index is 11.4. The highest BCUT2D eigenvalue weighted by atomic mass is 16.5. The third-order valence-electron chi connectivity index (χ3n) is 2.78. The SMILES string of the molecule is COc1c(C)cc(N(C)CC(=O)CC#N)cc1C. The Kier molecular flexibility index (Phi) is 4.73. The Bertz CT molecular complexity index is 466. The van der Waals surface area contributed by atoms with E-state index in [4.69, 9.17) is 10.00 Å². The summed E-state index contributed by atoms with van der Waals surface area (Å²) in [4.78, 5) is 13.3. The first-order valence-corrected chi connectivity index (χ1v) is 5.74. The van der Waals surface area contributed by atoms with Crippen LogP contribution in [0.5, 0.6) is 5.75 Å². The number of ketones is 1. The first-order valence-electron chi connectivity index (χ1n) is 5.74. The van der Waals surface area contributed by atoms with Crippen molar-refractivity contribution in [1.82, 2.24) is 0 Å². The van der Waals surface area contributed by atoms with E-state index in [0.717, 1.165) is 22.6 Å². The molecular weight excluding hydrogens is 228 g/mol. The number of aryl methyl sites for hydroxylation is 2. The molecule has 4 nitrogen and oxygen atoms in total. The summed E-state index contributed by atoms with van der Waals surface area (Å²) in [6.45, 7) is 4.19. The Morgan fingerprint density at radius 2 is 1.94 bits per heavy atom. The molecule has 1 aromatic carbocycles. The number of carbonyl (C=O) groups excluding carboxylic acids is 1. The lowest BCUT2D eigenvalue weighted by Gasteiger charge is -2.20. The van der Waals surface area contributed by atoms with Gasteiger partial charge in [-0.25, -0.2) is 0 Å². The number of ether oxygens (including phenoxy) is 1. The standard InChI is InChI=1S/C14H18N2O2/c1-10-7-12(8-11(2)14(10)18-4)16(3)9-13(17)5-6-15/h7-8H,5,9H2,1-4H3. The zero-order chi connectivity index (χ0) is 13.7. The topological polar surface area (TPSA) is 53.3 Å². The molecule has 0 atom stereocenters. The van der Waals surface area contributed by atoms with E-state index in [2.05, 4.69) is 0 Å². The minimum absolute atomic E-state index is 0.0432. The molecule has 1 aromatic rings. The number of hydrogen-bond donors (Lipinski definition) is 0. The molecule has 0 spiro atoms. The van der Waals surface area contributed by atoms with Crippen LogP contribution in [-0.2, 0) is 4.79 Å². The highest BCUT2D eigenvalue weighted by molar-refractivity contribution is 5.85. The fraction of sp³-hybridized carbons (Fsp3) is 0.429. The average molecular weight is 246 g/mol. The van der Waals surface area contributed by atoms with Gasteiger partial charge in [0.15, 0.2) is 5.78 Å². The number of carbonyl (C=O) groups is 1. The summed E-state index contributed by atoms with van der Waals surface area (Å²) in [5, 5.41) is 8.47. The van der Waals surface area contributed by atoms with E-state index in [1.807, 2.05) is 44.0 Å². The minimum atomic E-state index is -0.0777. The molecule has 0 saturated heterocycles. The highest BCUT2D eigenvalue weighted by Crippen LogP contribution is 2.28. The van der Waals surface area contributed by atoms with Crippen molar-refractivity contribution in [2.24, 2.45) is 0 Å². The van der Waals surface area contributed by atoms with E-state index in [9.17, 15) is 4.79 Å². The van der Waals surface area contributed by atoms with Crippen LogP contribution in [0, 0.1) is 25.2 Å². The van der Waals surface area contributed by atoms with Crippen LogP contribution < -0.4 is 9.64 Å². The van der Waals surface area contributed by atoms with Crippen LogP contribution in [-0.4, -0.2) is 26.5 Å². The number of benzene rings is 1. The monoisotopic (exact) mass is 246 g/mol. The van der Waals surface area contributed by atoms with Crippen molar-refractivity contribution < 1.29 is 9.53 Å². The van der Waals surface area contributed by atoms with Crippen LogP contribution in [0.3, 0.4) is 0 Å². The first kappa shape index (κ1) is 14.0.